The fraction of sp³-hybridized carbons (Fsp3) is 0.263. The van der Waals surface area contributed by atoms with E-state index in [0.29, 0.717) is 29.6 Å². The quantitative estimate of drug-likeness (QED) is 0.706. The summed E-state index contributed by atoms with van der Waals surface area (Å²) in [5.41, 5.74) is 1.45. The first-order valence-electron chi connectivity index (χ1n) is 8.83. The van der Waals surface area contributed by atoms with Gasteiger partial charge in [-0.05, 0) is 31.0 Å². The Morgan fingerprint density at radius 3 is 3.07 bits per heavy atom. The number of carbonyl (C=O) groups is 2. The van der Waals surface area contributed by atoms with Crippen LogP contribution in [0.1, 0.15) is 18.4 Å². The zero-order valence-corrected chi connectivity index (χ0v) is 15.7. The number of hydrogen-bond acceptors (Lipinski definition) is 7. The van der Waals surface area contributed by atoms with E-state index in [1.165, 1.54) is 16.2 Å². The molecule has 1 aliphatic heterocycles. The van der Waals surface area contributed by atoms with Crippen LogP contribution in [0.15, 0.2) is 52.7 Å². The van der Waals surface area contributed by atoms with Gasteiger partial charge in [0.1, 0.15) is 18.3 Å². The molecule has 1 fully saturated rings. The average molecular weight is 398 g/mol. The van der Waals surface area contributed by atoms with Gasteiger partial charge < -0.3 is 14.5 Å². The second kappa shape index (κ2) is 8.22. The third-order valence-corrected chi connectivity index (χ3v) is 5.14. The lowest BCUT2D eigenvalue weighted by atomic mass is 10.2. The second-order valence-electron chi connectivity index (χ2n) is 6.27. The van der Waals surface area contributed by atoms with E-state index in [1.54, 1.807) is 36.9 Å². The molecule has 0 saturated carbocycles. The maximum atomic E-state index is 12.7. The topological polar surface area (TPSA) is 97.6 Å². The minimum absolute atomic E-state index is 0.122. The molecule has 0 radical (unpaired) electrons. The van der Waals surface area contributed by atoms with E-state index in [2.05, 4.69) is 15.3 Å². The van der Waals surface area contributed by atoms with Crippen molar-refractivity contribution in [3.63, 3.8) is 0 Å². The van der Waals surface area contributed by atoms with Crippen molar-refractivity contribution in [2.75, 3.05) is 11.9 Å². The van der Waals surface area contributed by atoms with Gasteiger partial charge in [-0.25, -0.2) is 9.78 Å². The predicted octanol–water partition coefficient (Wildman–Crippen LogP) is 3.54. The summed E-state index contributed by atoms with van der Waals surface area (Å²) in [7, 11) is 0. The number of anilines is 1. The standard InChI is InChI=1S/C19H18N4O4S/c24-17(22-18-21-14(12-28-18)16-6-3-9-26-16)15-5-2-8-23(15)19(25)27-11-13-4-1-7-20-10-13/h1,3-4,6-7,9-10,12,15H,2,5,8,11H2,(H,21,22,24)/t15-/m1/s1. The smallest absolute Gasteiger partial charge is 0.410 e. The van der Waals surface area contributed by atoms with Crippen LogP contribution in [0.25, 0.3) is 11.5 Å². The third-order valence-electron chi connectivity index (χ3n) is 4.38. The number of likely N-dealkylation sites (tertiary alicyclic amines) is 1. The van der Waals surface area contributed by atoms with Crippen molar-refractivity contribution in [3.05, 3.63) is 53.9 Å². The van der Waals surface area contributed by atoms with Gasteiger partial charge in [0.2, 0.25) is 5.91 Å². The number of carbonyl (C=O) groups excluding carboxylic acids is 2. The highest BCUT2D eigenvalue weighted by Crippen LogP contribution is 2.26. The fourth-order valence-corrected chi connectivity index (χ4v) is 3.73. The zero-order valence-electron chi connectivity index (χ0n) is 14.9. The van der Waals surface area contributed by atoms with Crippen molar-refractivity contribution in [2.45, 2.75) is 25.5 Å². The normalized spacial score (nSPS) is 16.1. The van der Waals surface area contributed by atoms with Gasteiger partial charge in [0.25, 0.3) is 0 Å². The number of rotatable bonds is 5. The molecular formula is C19H18N4O4S. The average Bonchev–Trinajstić information content (AvgIpc) is 3.47. The number of pyridine rings is 1. The first-order valence-corrected chi connectivity index (χ1v) is 9.71. The van der Waals surface area contributed by atoms with Crippen molar-refractivity contribution in [3.8, 4) is 11.5 Å². The number of nitrogens with zero attached hydrogens (tertiary/aromatic N) is 3. The molecule has 28 heavy (non-hydrogen) atoms. The van der Waals surface area contributed by atoms with Crippen LogP contribution in [0.4, 0.5) is 9.93 Å². The monoisotopic (exact) mass is 398 g/mol. The van der Waals surface area contributed by atoms with Crippen LogP contribution in [0.5, 0.6) is 0 Å². The summed E-state index contributed by atoms with van der Waals surface area (Å²) < 4.78 is 10.6. The molecule has 1 atom stereocenters. The van der Waals surface area contributed by atoms with Gasteiger partial charge in [-0.2, -0.15) is 0 Å². The van der Waals surface area contributed by atoms with Crippen LogP contribution < -0.4 is 5.32 Å². The summed E-state index contributed by atoms with van der Waals surface area (Å²) in [5.74, 6) is 0.370. The summed E-state index contributed by atoms with van der Waals surface area (Å²) in [4.78, 5) is 34.9. The van der Waals surface area contributed by atoms with Gasteiger partial charge in [0, 0.05) is 29.9 Å². The molecule has 0 aromatic carbocycles. The largest absolute Gasteiger partial charge is 0.463 e. The highest BCUT2D eigenvalue weighted by Gasteiger charge is 2.35. The number of furan rings is 1. The molecule has 1 aliphatic rings. The molecule has 0 aliphatic carbocycles. The lowest BCUT2D eigenvalue weighted by Gasteiger charge is -2.22. The SMILES string of the molecule is O=C(Nc1nc(-c2ccco2)cs1)[C@H]1CCCN1C(=O)OCc1cccnc1. The van der Waals surface area contributed by atoms with E-state index in [4.69, 9.17) is 9.15 Å². The van der Waals surface area contributed by atoms with Gasteiger partial charge >= 0.3 is 6.09 Å². The molecule has 0 spiro atoms. The number of nitrogens with one attached hydrogen (secondary N) is 1. The summed E-state index contributed by atoms with van der Waals surface area (Å²) in [6.45, 7) is 0.607. The van der Waals surface area contributed by atoms with Gasteiger partial charge in [-0.3, -0.25) is 14.7 Å². The summed E-state index contributed by atoms with van der Waals surface area (Å²) in [6, 6.07) is 6.61. The van der Waals surface area contributed by atoms with Gasteiger partial charge in [0.15, 0.2) is 10.9 Å². The number of thiazole rings is 1. The van der Waals surface area contributed by atoms with Crippen LogP contribution in [0, 0.1) is 0 Å². The number of hydrogen-bond donors (Lipinski definition) is 1. The van der Waals surface area contributed by atoms with Crippen molar-refractivity contribution >= 4 is 28.5 Å². The maximum absolute atomic E-state index is 12.7. The molecule has 9 heteroatoms. The molecule has 144 valence electrons. The molecule has 0 unspecified atom stereocenters. The van der Waals surface area contributed by atoms with Crippen molar-refractivity contribution in [1.82, 2.24) is 14.9 Å². The zero-order chi connectivity index (χ0) is 19.3. The summed E-state index contributed by atoms with van der Waals surface area (Å²) in [5, 5.41) is 5.07. The highest BCUT2D eigenvalue weighted by molar-refractivity contribution is 7.14. The van der Waals surface area contributed by atoms with Crippen LogP contribution in [-0.2, 0) is 16.1 Å². The lowest BCUT2D eigenvalue weighted by molar-refractivity contribution is -0.120. The molecule has 3 aromatic heterocycles. The van der Waals surface area contributed by atoms with E-state index in [0.717, 1.165) is 12.0 Å². The Morgan fingerprint density at radius 1 is 1.36 bits per heavy atom. The van der Waals surface area contributed by atoms with Crippen molar-refractivity contribution in [1.29, 1.82) is 0 Å². The first-order chi connectivity index (χ1) is 13.7. The Morgan fingerprint density at radius 2 is 2.29 bits per heavy atom. The number of amides is 2. The van der Waals surface area contributed by atoms with Gasteiger partial charge in [0.05, 0.1) is 6.26 Å². The van der Waals surface area contributed by atoms with E-state index in [1.807, 2.05) is 11.4 Å². The van der Waals surface area contributed by atoms with Crippen molar-refractivity contribution in [2.24, 2.45) is 0 Å². The third kappa shape index (κ3) is 4.04. The van der Waals surface area contributed by atoms with Crippen molar-refractivity contribution < 1.29 is 18.7 Å². The summed E-state index contributed by atoms with van der Waals surface area (Å²) in [6.07, 6.45) is 5.69. The van der Waals surface area contributed by atoms with Crippen LogP contribution in [-0.4, -0.2) is 39.5 Å². The van der Waals surface area contributed by atoms with E-state index >= 15 is 0 Å². The Kier molecular flexibility index (Phi) is 5.34. The minimum Gasteiger partial charge on any atom is -0.463 e. The molecule has 4 rings (SSSR count). The molecule has 2 amide bonds. The number of aromatic nitrogens is 2. The second-order valence-corrected chi connectivity index (χ2v) is 7.13. The van der Waals surface area contributed by atoms with E-state index in [-0.39, 0.29) is 12.5 Å². The Labute approximate surface area is 165 Å². The molecule has 3 aromatic rings. The highest BCUT2D eigenvalue weighted by atomic mass is 32.1. The lowest BCUT2D eigenvalue weighted by Crippen LogP contribution is -2.43. The van der Waals surface area contributed by atoms with Crippen LogP contribution in [0.3, 0.4) is 0 Å². The van der Waals surface area contributed by atoms with Crippen LogP contribution in [0.2, 0.25) is 0 Å². The van der Waals surface area contributed by atoms with E-state index < -0.39 is 12.1 Å². The fourth-order valence-electron chi connectivity index (χ4n) is 3.03. The maximum Gasteiger partial charge on any atom is 0.410 e. The molecular weight excluding hydrogens is 380 g/mol. The molecule has 1 saturated heterocycles. The van der Waals surface area contributed by atoms with Gasteiger partial charge in [-0.15, -0.1) is 11.3 Å². The van der Waals surface area contributed by atoms with E-state index in [9.17, 15) is 9.59 Å². The molecule has 0 bridgehead atoms. The molecule has 4 heterocycles. The predicted molar refractivity (Wildman–Crippen MR) is 103 cm³/mol. The van der Waals surface area contributed by atoms with Crippen LogP contribution >= 0.6 is 11.3 Å². The summed E-state index contributed by atoms with van der Waals surface area (Å²) >= 11 is 1.31. The number of ether oxygens (including phenoxy) is 1. The van der Waals surface area contributed by atoms with Gasteiger partial charge in [-0.1, -0.05) is 6.07 Å². The Hall–Kier alpha value is -3.20. The minimum atomic E-state index is -0.572. The first kappa shape index (κ1) is 18.2. The molecule has 8 nitrogen and oxygen atoms in total. The molecule has 1 N–H and O–H groups in total. The Bertz CT molecular complexity index is 942. The Balaban J connectivity index is 1.36.